The van der Waals surface area contributed by atoms with Crippen molar-refractivity contribution >= 4 is 0 Å². The van der Waals surface area contributed by atoms with Gasteiger partial charge in [-0.25, -0.2) is 0 Å². The molecule has 0 heterocycles. The van der Waals surface area contributed by atoms with Crippen molar-refractivity contribution in [1.29, 1.82) is 0 Å². The summed E-state index contributed by atoms with van der Waals surface area (Å²) in [4.78, 5) is 0. The smallest absolute Gasteiger partial charge is 0.115 e. The van der Waals surface area contributed by atoms with Crippen molar-refractivity contribution in [1.82, 2.24) is 0 Å². The van der Waals surface area contributed by atoms with Gasteiger partial charge in [0.25, 0.3) is 0 Å². The molecule has 0 bridgehead atoms. The van der Waals surface area contributed by atoms with E-state index in [1.807, 2.05) is 18.2 Å². The van der Waals surface area contributed by atoms with Crippen molar-refractivity contribution in [3.63, 3.8) is 0 Å². The summed E-state index contributed by atoms with van der Waals surface area (Å²) in [6, 6.07) is 18.2. The maximum Gasteiger partial charge on any atom is 0.115 e. The van der Waals surface area contributed by atoms with Crippen LogP contribution in [0.25, 0.3) is 0 Å². The first-order valence-corrected chi connectivity index (χ1v) is 8.38. The largest absolute Gasteiger partial charge is 0.508 e. The van der Waals surface area contributed by atoms with E-state index in [1.165, 1.54) is 11.1 Å². The van der Waals surface area contributed by atoms with Crippen LogP contribution < -0.4 is 0 Å². The van der Waals surface area contributed by atoms with Gasteiger partial charge in [-0.3, -0.25) is 0 Å². The molecule has 1 aliphatic carbocycles. The summed E-state index contributed by atoms with van der Waals surface area (Å²) in [6.07, 6.45) is 1.50. The zero-order chi connectivity index (χ0) is 16.7. The zero-order valence-electron chi connectivity index (χ0n) is 14.2. The van der Waals surface area contributed by atoms with E-state index in [9.17, 15) is 10.2 Å². The first-order valence-electron chi connectivity index (χ1n) is 8.38. The van der Waals surface area contributed by atoms with E-state index in [4.69, 9.17) is 0 Å². The van der Waals surface area contributed by atoms with Gasteiger partial charge in [0, 0.05) is 5.41 Å². The van der Waals surface area contributed by atoms with Crippen LogP contribution in [0.2, 0.25) is 0 Å². The molecule has 2 aromatic rings. The fourth-order valence-electron chi connectivity index (χ4n) is 4.53. The minimum Gasteiger partial charge on any atom is -0.508 e. The van der Waals surface area contributed by atoms with Crippen molar-refractivity contribution in [2.45, 2.75) is 45.1 Å². The van der Waals surface area contributed by atoms with Crippen molar-refractivity contribution in [2.24, 2.45) is 11.3 Å². The molecule has 2 nitrogen and oxygen atoms in total. The standard InChI is InChI=1S/C21H26O2/c1-15-13-21(14-20(2,3)19(15)23,16-7-5-4-6-8-16)17-9-11-18(22)12-10-17/h4-12,15,19,22-23H,13-14H2,1-3H3. The highest BCUT2D eigenvalue weighted by molar-refractivity contribution is 5.42. The summed E-state index contributed by atoms with van der Waals surface area (Å²) < 4.78 is 0. The molecule has 3 unspecified atom stereocenters. The number of aliphatic hydroxyl groups is 1. The molecule has 0 saturated heterocycles. The normalized spacial score (nSPS) is 30.1. The first-order chi connectivity index (χ1) is 10.8. The number of phenolic OH excluding ortho intramolecular Hbond substituents is 1. The maximum atomic E-state index is 10.6. The first kappa shape index (κ1) is 16.1. The Morgan fingerprint density at radius 1 is 0.913 bits per heavy atom. The van der Waals surface area contributed by atoms with Gasteiger partial charge in [-0.05, 0) is 47.4 Å². The van der Waals surface area contributed by atoms with Gasteiger partial charge in [0.05, 0.1) is 6.10 Å². The van der Waals surface area contributed by atoms with Gasteiger partial charge in [-0.1, -0.05) is 63.2 Å². The Morgan fingerprint density at radius 3 is 2.04 bits per heavy atom. The van der Waals surface area contributed by atoms with E-state index >= 15 is 0 Å². The molecule has 1 fully saturated rings. The highest BCUT2D eigenvalue weighted by atomic mass is 16.3. The lowest BCUT2D eigenvalue weighted by molar-refractivity contribution is -0.0484. The molecule has 0 radical (unpaired) electrons. The van der Waals surface area contributed by atoms with Gasteiger partial charge in [-0.2, -0.15) is 0 Å². The van der Waals surface area contributed by atoms with E-state index in [0.29, 0.717) is 5.75 Å². The number of hydrogen-bond acceptors (Lipinski definition) is 2. The second-order valence-electron chi connectivity index (χ2n) is 7.79. The summed E-state index contributed by atoms with van der Waals surface area (Å²) in [5.74, 6) is 0.507. The fraction of sp³-hybridized carbons (Fsp3) is 0.429. The minimum atomic E-state index is -0.295. The quantitative estimate of drug-likeness (QED) is 0.857. The molecule has 0 spiro atoms. The van der Waals surface area contributed by atoms with Crippen LogP contribution in [0.1, 0.15) is 44.7 Å². The van der Waals surface area contributed by atoms with E-state index in [1.54, 1.807) is 12.1 Å². The predicted molar refractivity (Wildman–Crippen MR) is 93.5 cm³/mol. The fourth-order valence-corrected chi connectivity index (χ4v) is 4.53. The Labute approximate surface area is 138 Å². The summed E-state index contributed by atoms with van der Waals surface area (Å²) >= 11 is 0. The molecule has 0 amide bonds. The molecule has 2 aromatic carbocycles. The molecular formula is C21H26O2. The van der Waals surface area contributed by atoms with Crippen LogP contribution in [0.15, 0.2) is 54.6 Å². The Bertz CT molecular complexity index is 660. The number of hydrogen-bond donors (Lipinski definition) is 2. The molecule has 1 saturated carbocycles. The molecular weight excluding hydrogens is 284 g/mol. The van der Waals surface area contributed by atoms with Gasteiger partial charge < -0.3 is 10.2 Å². The Morgan fingerprint density at radius 2 is 1.48 bits per heavy atom. The second-order valence-corrected chi connectivity index (χ2v) is 7.79. The zero-order valence-corrected chi connectivity index (χ0v) is 14.2. The van der Waals surface area contributed by atoms with E-state index in [2.05, 4.69) is 45.0 Å². The van der Waals surface area contributed by atoms with Crippen LogP contribution in [-0.4, -0.2) is 16.3 Å². The number of benzene rings is 2. The Kier molecular flexibility index (Phi) is 3.97. The number of phenols is 1. The third-order valence-corrected chi connectivity index (χ3v) is 5.51. The third-order valence-electron chi connectivity index (χ3n) is 5.51. The van der Waals surface area contributed by atoms with E-state index in [0.717, 1.165) is 12.8 Å². The highest BCUT2D eigenvalue weighted by Crippen LogP contribution is 2.53. The molecule has 0 aromatic heterocycles. The SMILES string of the molecule is CC1CC(c2ccccc2)(c2ccc(O)cc2)CC(C)(C)C1O. The van der Waals surface area contributed by atoms with Crippen LogP contribution in [0.3, 0.4) is 0 Å². The lowest BCUT2D eigenvalue weighted by Gasteiger charge is -2.51. The number of rotatable bonds is 2. The van der Waals surface area contributed by atoms with Gasteiger partial charge >= 0.3 is 0 Å². The second kappa shape index (κ2) is 5.68. The van der Waals surface area contributed by atoms with E-state index in [-0.39, 0.29) is 22.9 Å². The van der Waals surface area contributed by atoms with Crippen LogP contribution in [-0.2, 0) is 5.41 Å². The predicted octanol–water partition coefficient (Wildman–Crippen LogP) is 4.50. The van der Waals surface area contributed by atoms with Gasteiger partial charge in [0.2, 0.25) is 0 Å². The lowest BCUT2D eigenvalue weighted by atomic mass is 9.54. The molecule has 122 valence electrons. The van der Waals surface area contributed by atoms with Gasteiger partial charge in [0.15, 0.2) is 0 Å². The Balaban J connectivity index is 2.17. The molecule has 3 atom stereocenters. The van der Waals surface area contributed by atoms with Crippen molar-refractivity contribution in [3.8, 4) is 5.75 Å². The summed E-state index contributed by atoms with van der Waals surface area (Å²) in [5, 5.41) is 20.3. The summed E-state index contributed by atoms with van der Waals surface area (Å²) in [6.45, 7) is 6.46. The minimum absolute atomic E-state index is 0.128. The van der Waals surface area contributed by atoms with Crippen molar-refractivity contribution in [2.75, 3.05) is 0 Å². The highest BCUT2D eigenvalue weighted by Gasteiger charge is 2.49. The third kappa shape index (κ3) is 2.76. The number of aromatic hydroxyl groups is 1. The van der Waals surface area contributed by atoms with Crippen LogP contribution in [0, 0.1) is 11.3 Å². The number of aliphatic hydroxyl groups excluding tert-OH is 1. The average molecular weight is 310 g/mol. The molecule has 23 heavy (non-hydrogen) atoms. The molecule has 0 aliphatic heterocycles. The Hall–Kier alpha value is -1.80. The monoisotopic (exact) mass is 310 g/mol. The molecule has 3 rings (SSSR count). The van der Waals surface area contributed by atoms with Crippen LogP contribution in [0.4, 0.5) is 0 Å². The van der Waals surface area contributed by atoms with Crippen molar-refractivity contribution < 1.29 is 10.2 Å². The maximum absolute atomic E-state index is 10.6. The van der Waals surface area contributed by atoms with Crippen LogP contribution in [0.5, 0.6) is 5.75 Å². The average Bonchev–Trinajstić information content (AvgIpc) is 2.53. The molecule has 2 heteroatoms. The van der Waals surface area contributed by atoms with Gasteiger partial charge in [-0.15, -0.1) is 0 Å². The lowest BCUT2D eigenvalue weighted by Crippen LogP contribution is -2.49. The van der Waals surface area contributed by atoms with Crippen LogP contribution >= 0.6 is 0 Å². The topological polar surface area (TPSA) is 40.5 Å². The molecule has 1 aliphatic rings. The summed E-state index contributed by atoms with van der Waals surface area (Å²) in [5.41, 5.74) is 2.22. The van der Waals surface area contributed by atoms with Crippen molar-refractivity contribution in [3.05, 3.63) is 65.7 Å². The summed E-state index contributed by atoms with van der Waals surface area (Å²) in [7, 11) is 0. The van der Waals surface area contributed by atoms with Gasteiger partial charge in [0.1, 0.15) is 5.75 Å². The molecule has 2 N–H and O–H groups in total. The van der Waals surface area contributed by atoms with E-state index < -0.39 is 0 Å².